The molecular weight excluding hydrogens is 851 g/mol. The van der Waals surface area contributed by atoms with Gasteiger partial charge in [0.1, 0.15) is 45.7 Å². The molecule has 0 fully saturated rings. The minimum absolute atomic E-state index is 0.196. The van der Waals surface area contributed by atoms with E-state index in [9.17, 15) is 19.0 Å². The fraction of sp³-hybridized carbons (Fsp3) is 0.458. The lowest BCUT2D eigenvalue weighted by atomic mass is 9.79. The van der Waals surface area contributed by atoms with Crippen molar-refractivity contribution in [1.82, 2.24) is 29.9 Å². The molecular formula is C48H62F2N10O6. The molecule has 66 heavy (non-hydrogen) atoms. The minimum Gasteiger partial charge on any atom is -0.497 e. The van der Waals surface area contributed by atoms with Gasteiger partial charge in [0.25, 0.3) is 0 Å². The van der Waals surface area contributed by atoms with Crippen LogP contribution in [-0.2, 0) is 13.1 Å². The zero-order valence-corrected chi connectivity index (χ0v) is 39.3. The van der Waals surface area contributed by atoms with Crippen molar-refractivity contribution < 1.29 is 37.9 Å². The zero-order chi connectivity index (χ0) is 47.8. The fourth-order valence-electron chi connectivity index (χ4n) is 7.89. The Bertz CT molecular complexity index is 2620. The zero-order valence-electron chi connectivity index (χ0n) is 39.3. The number of pyridine rings is 2. The number of nitrogens with one attached hydrogen (secondary N) is 4. The van der Waals surface area contributed by atoms with Crippen LogP contribution in [-0.4, -0.2) is 91.8 Å². The van der Waals surface area contributed by atoms with Crippen LogP contribution in [0, 0.1) is 11.6 Å². The standard InChI is InChI=1S/C48H62F2N10O6/c1-11-13-16-47(5,27(3)61)59-43-41-36(18-32(49)25-51-41)56-46(57-43)54-24-31-17-35(40(66-10)21-39(31)65-9)29(12-2)22-48(6,28(4)62)60-44-42-37(19-33(50)26-52-42)55-45(58-44)53-23-30-14-15-34(63-7)20-38(30)64-8/h14-15,17-21,25-29,61-62H,11-13,16,22-24H2,1-10H3,(H2,53,55,58,60)(H2,54,56,57,59)/t27-,28+,29?,47-,48-/m1/s1. The second-order valence-electron chi connectivity index (χ2n) is 17.0. The van der Waals surface area contributed by atoms with Crippen LogP contribution in [0.4, 0.5) is 32.3 Å². The van der Waals surface area contributed by atoms with Gasteiger partial charge in [-0.1, -0.05) is 26.7 Å². The summed E-state index contributed by atoms with van der Waals surface area (Å²) in [5, 5.41) is 35.8. The van der Waals surface area contributed by atoms with Gasteiger partial charge in [0, 0.05) is 48.5 Å². The maximum atomic E-state index is 14.6. The molecule has 0 amide bonds. The van der Waals surface area contributed by atoms with Crippen LogP contribution in [0.15, 0.2) is 54.9 Å². The van der Waals surface area contributed by atoms with Crippen molar-refractivity contribution in [2.75, 3.05) is 49.7 Å². The van der Waals surface area contributed by atoms with Crippen LogP contribution in [0.25, 0.3) is 22.1 Å². The molecule has 0 aliphatic heterocycles. The topological polar surface area (TPSA) is 203 Å². The highest BCUT2D eigenvalue weighted by Crippen LogP contribution is 2.41. The molecule has 1 unspecified atom stereocenters. The lowest BCUT2D eigenvalue weighted by molar-refractivity contribution is 0.112. The summed E-state index contributed by atoms with van der Waals surface area (Å²) in [5.41, 5.74) is 1.89. The smallest absolute Gasteiger partial charge is 0.225 e. The van der Waals surface area contributed by atoms with E-state index in [0.717, 1.165) is 41.9 Å². The Kier molecular flexibility index (Phi) is 15.8. The van der Waals surface area contributed by atoms with Crippen LogP contribution in [0.3, 0.4) is 0 Å². The van der Waals surface area contributed by atoms with E-state index in [2.05, 4.69) is 55.1 Å². The number of rotatable bonds is 23. The average molecular weight is 913 g/mol. The number of halogens is 2. The Labute approximate surface area is 384 Å². The second kappa shape index (κ2) is 21.3. The number of ether oxygens (including phenoxy) is 4. The average Bonchev–Trinajstić information content (AvgIpc) is 3.30. The molecule has 0 saturated carbocycles. The first kappa shape index (κ1) is 49.0. The number of aromatic nitrogens is 6. The van der Waals surface area contributed by atoms with E-state index in [4.69, 9.17) is 28.9 Å². The lowest BCUT2D eigenvalue weighted by Crippen LogP contribution is -2.46. The summed E-state index contributed by atoms with van der Waals surface area (Å²) < 4.78 is 51.9. The van der Waals surface area contributed by atoms with Crippen LogP contribution >= 0.6 is 0 Å². The van der Waals surface area contributed by atoms with Crippen LogP contribution in [0.2, 0.25) is 0 Å². The van der Waals surface area contributed by atoms with Crippen molar-refractivity contribution in [3.63, 3.8) is 0 Å². The summed E-state index contributed by atoms with van der Waals surface area (Å²) >= 11 is 0. The van der Waals surface area contributed by atoms with Crippen molar-refractivity contribution >= 4 is 45.6 Å². The predicted molar refractivity (Wildman–Crippen MR) is 253 cm³/mol. The summed E-state index contributed by atoms with van der Waals surface area (Å²) in [6, 6.07) is 11.9. The predicted octanol–water partition coefficient (Wildman–Crippen LogP) is 8.78. The SMILES string of the molecule is CCCC[C@@](C)(Nc1nc(NCc2cc(C(CC)C[C@@](C)(Nc3nc(NCc4ccc(OC)cc4OC)nc4cc(F)cnc34)[C@H](C)O)c(OC)cc2OC)nc2cc(F)cnc12)[C@@H](C)O. The number of hydrogen-bond acceptors (Lipinski definition) is 16. The first-order valence-corrected chi connectivity index (χ1v) is 22.1. The number of unbranched alkanes of at least 4 members (excludes halogenated alkanes) is 1. The van der Waals surface area contributed by atoms with Gasteiger partial charge in [-0.25, -0.2) is 28.7 Å². The molecule has 0 spiro atoms. The molecule has 0 aliphatic rings. The van der Waals surface area contributed by atoms with E-state index in [1.54, 1.807) is 48.4 Å². The Morgan fingerprint density at radius 2 is 1.18 bits per heavy atom. The molecule has 6 N–H and O–H groups in total. The number of aliphatic hydroxyl groups is 2. The Morgan fingerprint density at radius 1 is 0.652 bits per heavy atom. The molecule has 2 aromatic carbocycles. The molecule has 0 radical (unpaired) electrons. The van der Waals surface area contributed by atoms with E-state index >= 15 is 0 Å². The van der Waals surface area contributed by atoms with Gasteiger partial charge in [0.2, 0.25) is 11.9 Å². The molecule has 4 heterocycles. The molecule has 6 rings (SSSR count). The van der Waals surface area contributed by atoms with Gasteiger partial charge >= 0.3 is 0 Å². The first-order valence-electron chi connectivity index (χ1n) is 22.1. The summed E-state index contributed by atoms with van der Waals surface area (Å²) in [5.74, 6) is 2.14. The molecule has 18 heteroatoms. The van der Waals surface area contributed by atoms with Crippen molar-refractivity contribution in [3.8, 4) is 23.0 Å². The van der Waals surface area contributed by atoms with E-state index in [0.29, 0.717) is 64.9 Å². The summed E-state index contributed by atoms with van der Waals surface area (Å²) in [7, 11) is 6.32. The highest BCUT2D eigenvalue weighted by atomic mass is 19.1. The molecule has 0 saturated heterocycles. The molecule has 16 nitrogen and oxygen atoms in total. The van der Waals surface area contributed by atoms with Gasteiger partial charge in [-0.3, -0.25) is 0 Å². The highest BCUT2D eigenvalue weighted by Gasteiger charge is 2.36. The quantitative estimate of drug-likeness (QED) is 0.0356. The Balaban J connectivity index is 1.31. The third-order valence-corrected chi connectivity index (χ3v) is 12.3. The van der Waals surface area contributed by atoms with Crippen molar-refractivity contribution in [1.29, 1.82) is 0 Å². The second-order valence-corrected chi connectivity index (χ2v) is 17.0. The third kappa shape index (κ3) is 11.2. The number of aliphatic hydroxyl groups excluding tert-OH is 2. The summed E-state index contributed by atoms with van der Waals surface area (Å²) in [4.78, 5) is 27.4. The van der Waals surface area contributed by atoms with Gasteiger partial charge in [-0.05, 0) is 76.6 Å². The third-order valence-electron chi connectivity index (χ3n) is 12.3. The number of benzene rings is 2. The fourth-order valence-corrected chi connectivity index (χ4v) is 7.89. The number of nitrogens with zero attached hydrogens (tertiary/aromatic N) is 6. The largest absolute Gasteiger partial charge is 0.497 e. The van der Waals surface area contributed by atoms with Gasteiger partial charge in [0.15, 0.2) is 11.6 Å². The van der Waals surface area contributed by atoms with Gasteiger partial charge in [0.05, 0.1) is 75.2 Å². The Hall–Kier alpha value is -6.40. The van der Waals surface area contributed by atoms with E-state index in [-0.39, 0.29) is 41.9 Å². The minimum atomic E-state index is -1.03. The van der Waals surface area contributed by atoms with E-state index in [1.807, 2.05) is 38.1 Å². The molecule has 6 aromatic rings. The normalized spacial score (nSPS) is 14.7. The highest BCUT2D eigenvalue weighted by molar-refractivity contribution is 5.87. The Morgan fingerprint density at radius 3 is 1.68 bits per heavy atom. The lowest BCUT2D eigenvalue weighted by Gasteiger charge is -2.38. The van der Waals surface area contributed by atoms with Gasteiger partial charge in [-0.2, -0.15) is 9.97 Å². The monoisotopic (exact) mass is 912 g/mol. The van der Waals surface area contributed by atoms with Crippen LogP contribution in [0.1, 0.15) is 96.3 Å². The van der Waals surface area contributed by atoms with Crippen LogP contribution in [0.5, 0.6) is 23.0 Å². The molecule has 0 aliphatic carbocycles. The first-order chi connectivity index (χ1) is 31.6. The molecule has 0 bridgehead atoms. The molecule has 4 aromatic heterocycles. The van der Waals surface area contributed by atoms with Crippen molar-refractivity contribution in [3.05, 3.63) is 83.2 Å². The maximum absolute atomic E-state index is 14.6. The summed E-state index contributed by atoms with van der Waals surface area (Å²) in [6.45, 7) is 11.9. The summed E-state index contributed by atoms with van der Waals surface area (Å²) in [6.07, 6.45) is 4.06. The van der Waals surface area contributed by atoms with E-state index in [1.165, 1.54) is 12.1 Å². The van der Waals surface area contributed by atoms with E-state index < -0.39 is 34.9 Å². The maximum Gasteiger partial charge on any atom is 0.225 e. The van der Waals surface area contributed by atoms with Crippen molar-refractivity contribution in [2.45, 2.75) is 116 Å². The molecule has 354 valence electrons. The number of methoxy groups -OCH3 is 4. The number of fused-ring (bicyclic) bond motifs is 2. The van der Waals surface area contributed by atoms with Crippen LogP contribution < -0.4 is 40.2 Å². The van der Waals surface area contributed by atoms with Gasteiger partial charge < -0.3 is 50.4 Å². The van der Waals surface area contributed by atoms with Crippen molar-refractivity contribution in [2.24, 2.45) is 0 Å². The number of hydrogen-bond donors (Lipinski definition) is 6. The number of anilines is 4. The van der Waals surface area contributed by atoms with Gasteiger partial charge in [-0.15, -0.1) is 0 Å². The molecule has 5 atom stereocenters.